The molecule has 2 N–H and O–H groups in total. The Labute approximate surface area is 146 Å². The Balaban J connectivity index is 2.35. The summed E-state index contributed by atoms with van der Waals surface area (Å²) in [5, 5.41) is 43.5. The molecule has 3 rings (SSSR count). The third-order valence-electron chi connectivity index (χ3n) is 5.71. The Morgan fingerprint density at radius 1 is 1.20 bits per heavy atom. The summed E-state index contributed by atoms with van der Waals surface area (Å²) in [5.41, 5.74) is -4.68. The van der Waals surface area contributed by atoms with Gasteiger partial charge in [0.15, 0.2) is 10.8 Å². The van der Waals surface area contributed by atoms with E-state index in [1.54, 1.807) is 24.3 Å². The topological polar surface area (TPSA) is 121 Å². The maximum Gasteiger partial charge on any atom is 0.245 e. The lowest BCUT2D eigenvalue weighted by atomic mass is 9.48. The van der Waals surface area contributed by atoms with E-state index in [1.807, 2.05) is 31.2 Å². The number of nitriles is 3. The monoisotopic (exact) mass is 334 g/mol. The molecule has 2 fully saturated rings. The SMILES string of the molecule is CCC[C@@H]1[C@H](c2ccccc2)C(C#N)(C#N)[C@]2(C#N)C[C@@]1(O)NC2=O. The fourth-order valence-corrected chi connectivity index (χ4v) is 4.61. The number of nitrogens with one attached hydrogen (secondary N) is 1. The van der Waals surface area contributed by atoms with Gasteiger partial charge in [0.2, 0.25) is 5.91 Å². The van der Waals surface area contributed by atoms with Crippen LogP contribution in [0.3, 0.4) is 0 Å². The number of nitrogens with zero attached hydrogens (tertiary/aromatic N) is 3. The zero-order valence-electron chi connectivity index (χ0n) is 13.9. The molecule has 1 aromatic carbocycles. The molecule has 1 saturated heterocycles. The number of benzene rings is 1. The van der Waals surface area contributed by atoms with Crippen LogP contribution in [0.15, 0.2) is 30.3 Å². The molecule has 1 saturated carbocycles. The van der Waals surface area contributed by atoms with E-state index in [0.717, 1.165) is 0 Å². The van der Waals surface area contributed by atoms with E-state index in [0.29, 0.717) is 18.4 Å². The van der Waals surface area contributed by atoms with Crippen molar-refractivity contribution in [1.82, 2.24) is 5.32 Å². The van der Waals surface area contributed by atoms with Gasteiger partial charge in [0.05, 0.1) is 18.2 Å². The third kappa shape index (κ3) is 1.94. The van der Waals surface area contributed by atoms with Crippen LogP contribution in [-0.2, 0) is 4.79 Å². The summed E-state index contributed by atoms with van der Waals surface area (Å²) < 4.78 is 0. The van der Waals surface area contributed by atoms with Gasteiger partial charge in [-0.25, -0.2) is 0 Å². The fourth-order valence-electron chi connectivity index (χ4n) is 4.61. The predicted molar refractivity (Wildman–Crippen MR) is 87.0 cm³/mol. The quantitative estimate of drug-likeness (QED) is 0.875. The van der Waals surface area contributed by atoms with Gasteiger partial charge >= 0.3 is 0 Å². The smallest absolute Gasteiger partial charge is 0.245 e. The van der Waals surface area contributed by atoms with Crippen molar-refractivity contribution in [3.63, 3.8) is 0 Å². The Bertz CT molecular complexity index is 818. The fraction of sp³-hybridized carbons (Fsp3) is 0.474. The number of hydrogen-bond acceptors (Lipinski definition) is 5. The van der Waals surface area contributed by atoms with E-state index in [4.69, 9.17) is 0 Å². The molecule has 0 spiro atoms. The van der Waals surface area contributed by atoms with Crippen LogP contribution in [0.2, 0.25) is 0 Å². The summed E-state index contributed by atoms with van der Waals surface area (Å²) >= 11 is 0. The Morgan fingerprint density at radius 3 is 2.36 bits per heavy atom. The van der Waals surface area contributed by atoms with E-state index in [1.165, 1.54) is 0 Å². The van der Waals surface area contributed by atoms with Gasteiger partial charge in [-0.3, -0.25) is 4.79 Å². The van der Waals surface area contributed by atoms with Gasteiger partial charge in [-0.05, 0) is 12.0 Å². The van der Waals surface area contributed by atoms with E-state index >= 15 is 0 Å². The first-order valence-corrected chi connectivity index (χ1v) is 8.28. The average Bonchev–Trinajstić information content (AvgIpc) is 2.88. The number of hydrogen-bond donors (Lipinski definition) is 2. The third-order valence-corrected chi connectivity index (χ3v) is 5.71. The Morgan fingerprint density at radius 2 is 1.84 bits per heavy atom. The maximum absolute atomic E-state index is 12.7. The highest BCUT2D eigenvalue weighted by Gasteiger charge is 2.76. The number of carbonyl (C=O) groups excluding carboxylic acids is 1. The number of rotatable bonds is 3. The Hall–Kier alpha value is -2.88. The Kier molecular flexibility index (Phi) is 3.79. The van der Waals surface area contributed by atoms with Crippen molar-refractivity contribution in [3.05, 3.63) is 35.9 Å². The molecule has 2 bridgehead atoms. The highest BCUT2D eigenvalue weighted by atomic mass is 16.3. The van der Waals surface area contributed by atoms with Crippen molar-refractivity contribution in [1.29, 1.82) is 15.8 Å². The molecule has 0 radical (unpaired) electrons. The molecule has 1 aliphatic heterocycles. The largest absolute Gasteiger partial charge is 0.371 e. The molecule has 6 heteroatoms. The van der Waals surface area contributed by atoms with Crippen LogP contribution in [-0.4, -0.2) is 16.7 Å². The van der Waals surface area contributed by atoms with Crippen LogP contribution in [0, 0.1) is 50.7 Å². The summed E-state index contributed by atoms with van der Waals surface area (Å²) in [7, 11) is 0. The lowest BCUT2D eigenvalue weighted by molar-refractivity contribution is -0.128. The molecule has 2 aliphatic rings. The minimum Gasteiger partial charge on any atom is -0.371 e. The maximum atomic E-state index is 12.7. The van der Waals surface area contributed by atoms with Crippen molar-refractivity contribution in [2.75, 3.05) is 0 Å². The molecular weight excluding hydrogens is 316 g/mol. The molecular formula is C19H18N4O2. The van der Waals surface area contributed by atoms with Crippen LogP contribution in [0.5, 0.6) is 0 Å². The van der Waals surface area contributed by atoms with E-state index in [9.17, 15) is 25.7 Å². The summed E-state index contributed by atoms with van der Waals surface area (Å²) in [6.45, 7) is 1.94. The number of carbonyl (C=O) groups is 1. The molecule has 0 aromatic heterocycles. The average molecular weight is 334 g/mol. The number of amides is 1. The minimum atomic E-state index is -1.89. The first kappa shape index (κ1) is 17.0. The van der Waals surface area contributed by atoms with Crippen LogP contribution < -0.4 is 5.32 Å². The second-order valence-electron chi connectivity index (χ2n) is 6.89. The van der Waals surface area contributed by atoms with Gasteiger partial charge in [-0.15, -0.1) is 0 Å². The first-order chi connectivity index (χ1) is 11.9. The van der Waals surface area contributed by atoms with Crippen molar-refractivity contribution < 1.29 is 9.90 Å². The first-order valence-electron chi connectivity index (χ1n) is 8.28. The molecule has 4 atom stereocenters. The van der Waals surface area contributed by atoms with Crippen LogP contribution in [0.1, 0.15) is 37.7 Å². The molecule has 1 aliphatic carbocycles. The molecule has 0 unspecified atom stereocenters. The van der Waals surface area contributed by atoms with Gasteiger partial charge in [-0.1, -0.05) is 43.7 Å². The molecule has 25 heavy (non-hydrogen) atoms. The van der Waals surface area contributed by atoms with Crippen molar-refractivity contribution >= 4 is 5.91 Å². The highest BCUT2D eigenvalue weighted by molar-refractivity contribution is 5.92. The lowest BCUT2D eigenvalue weighted by Crippen LogP contribution is -2.57. The van der Waals surface area contributed by atoms with Gasteiger partial charge in [0, 0.05) is 18.3 Å². The minimum absolute atomic E-state index is 0.246. The zero-order chi connectivity index (χ0) is 18.3. The van der Waals surface area contributed by atoms with Crippen LogP contribution in [0.25, 0.3) is 0 Å². The standard InChI is InChI=1S/C19H18N4O2/c1-2-6-14-15(13-7-4-3-5-8-13)18(11-21,12-22)17(10-20)9-19(14,25)23-16(17)24/h3-5,7-8,14-15,25H,2,6,9H2,1H3,(H,23,24)/t14-,15+,17+,19+/m1/s1. The van der Waals surface area contributed by atoms with Crippen molar-refractivity contribution in [3.8, 4) is 18.2 Å². The number of aliphatic hydroxyl groups is 1. The summed E-state index contributed by atoms with van der Waals surface area (Å²) in [6, 6.07) is 14.9. The summed E-state index contributed by atoms with van der Waals surface area (Å²) in [6.07, 6.45) is 0.978. The van der Waals surface area contributed by atoms with E-state index < -0.39 is 34.3 Å². The molecule has 1 amide bonds. The van der Waals surface area contributed by atoms with Gasteiger partial charge in [0.25, 0.3) is 0 Å². The van der Waals surface area contributed by atoms with Crippen LogP contribution >= 0.6 is 0 Å². The predicted octanol–water partition coefficient (Wildman–Crippen LogP) is 1.95. The van der Waals surface area contributed by atoms with Gasteiger partial charge < -0.3 is 10.4 Å². The molecule has 1 heterocycles. The van der Waals surface area contributed by atoms with Crippen molar-refractivity contribution in [2.24, 2.45) is 16.7 Å². The highest BCUT2D eigenvalue weighted by Crippen LogP contribution is 2.65. The van der Waals surface area contributed by atoms with Gasteiger partial charge in [0.1, 0.15) is 5.72 Å². The number of fused-ring (bicyclic) bond motifs is 2. The second kappa shape index (κ2) is 5.59. The van der Waals surface area contributed by atoms with Gasteiger partial charge in [-0.2, -0.15) is 15.8 Å². The molecule has 126 valence electrons. The molecule has 1 aromatic rings. The summed E-state index contributed by atoms with van der Waals surface area (Å²) in [5.74, 6) is -2.02. The normalized spacial score (nSPS) is 35.1. The second-order valence-corrected chi connectivity index (χ2v) is 6.89. The van der Waals surface area contributed by atoms with E-state index in [-0.39, 0.29) is 6.42 Å². The van der Waals surface area contributed by atoms with E-state index in [2.05, 4.69) is 5.32 Å². The van der Waals surface area contributed by atoms with Crippen LogP contribution in [0.4, 0.5) is 0 Å². The lowest BCUT2D eigenvalue weighted by Gasteiger charge is -2.49. The zero-order valence-corrected chi connectivity index (χ0v) is 13.9. The summed E-state index contributed by atoms with van der Waals surface area (Å²) in [4.78, 5) is 12.7. The molecule has 6 nitrogen and oxygen atoms in total. The van der Waals surface area contributed by atoms with Crippen molar-refractivity contribution in [2.45, 2.75) is 37.8 Å².